The molecule has 0 saturated carbocycles. The molecule has 0 aromatic carbocycles. The zero-order valence-corrected chi connectivity index (χ0v) is 14.5. The van der Waals surface area contributed by atoms with E-state index < -0.39 is 27.0 Å². The molecule has 0 aliphatic heterocycles. The summed E-state index contributed by atoms with van der Waals surface area (Å²) in [6, 6.07) is 4.52. The quantitative estimate of drug-likeness (QED) is 0.634. The monoisotopic (exact) mass is 400 g/mol. The summed E-state index contributed by atoms with van der Waals surface area (Å²) >= 11 is 5.73. The molecule has 0 unspecified atom stereocenters. The van der Waals surface area contributed by atoms with Crippen LogP contribution >= 0.6 is 11.6 Å². The number of rotatable bonds is 4. The van der Waals surface area contributed by atoms with E-state index in [4.69, 9.17) is 16.3 Å². The fourth-order valence-corrected chi connectivity index (χ4v) is 3.29. The second-order valence-corrected chi connectivity index (χ2v) is 6.74. The Morgan fingerprint density at radius 2 is 2.08 bits per heavy atom. The maximum absolute atomic E-state index is 14.0. The number of carbonyl (C=O) groups excluding carboxylic acids is 1. The number of carbonyl (C=O) groups is 1. The minimum Gasteiger partial charge on any atom is -0.481 e. The Kier molecular flexibility index (Phi) is 4.61. The molecule has 0 radical (unpaired) electrons. The van der Waals surface area contributed by atoms with Crippen molar-refractivity contribution in [2.24, 2.45) is 0 Å². The number of sulfonamides is 1. The number of nitrogens with one attached hydrogen (secondary N) is 2. The van der Waals surface area contributed by atoms with Crippen molar-refractivity contribution in [3.05, 3.63) is 41.6 Å². The standard InChI is InChI=1S/C13H10ClFN6O4S/c1-25-9-6-7(14)16-12(18-9)19-13(22)20-26(23,24)11-10(15)17-8-4-2-3-5-21(8)11/h2-6H,1H3,(H2,16,18,19,20,22). The molecule has 10 nitrogen and oxygen atoms in total. The molecule has 3 aromatic rings. The summed E-state index contributed by atoms with van der Waals surface area (Å²) < 4.78 is 46.2. The predicted molar refractivity (Wildman–Crippen MR) is 88.1 cm³/mol. The van der Waals surface area contributed by atoms with E-state index in [0.29, 0.717) is 0 Å². The van der Waals surface area contributed by atoms with Crippen molar-refractivity contribution in [1.29, 1.82) is 0 Å². The Balaban J connectivity index is 1.86. The first-order chi connectivity index (χ1) is 12.3. The third-order valence-electron chi connectivity index (χ3n) is 3.03. The van der Waals surface area contributed by atoms with Crippen LogP contribution in [0.2, 0.25) is 5.15 Å². The molecule has 0 saturated heterocycles. The van der Waals surface area contributed by atoms with Gasteiger partial charge in [0.15, 0.2) is 0 Å². The normalized spacial score (nSPS) is 11.3. The molecular weight excluding hydrogens is 391 g/mol. The topological polar surface area (TPSA) is 128 Å². The van der Waals surface area contributed by atoms with Gasteiger partial charge < -0.3 is 4.74 Å². The number of fused-ring (bicyclic) bond motifs is 1. The first kappa shape index (κ1) is 17.8. The van der Waals surface area contributed by atoms with Gasteiger partial charge in [-0.15, -0.1) is 0 Å². The van der Waals surface area contributed by atoms with Gasteiger partial charge in [-0.05, 0) is 12.1 Å². The van der Waals surface area contributed by atoms with Crippen molar-refractivity contribution in [2.45, 2.75) is 5.03 Å². The Morgan fingerprint density at radius 1 is 1.31 bits per heavy atom. The van der Waals surface area contributed by atoms with Gasteiger partial charge in [-0.2, -0.15) is 22.8 Å². The molecule has 0 fully saturated rings. The van der Waals surface area contributed by atoms with Crippen LogP contribution in [0.4, 0.5) is 15.1 Å². The molecule has 0 spiro atoms. The molecule has 0 atom stereocenters. The molecule has 2 N–H and O–H groups in total. The fraction of sp³-hybridized carbons (Fsp3) is 0.0769. The molecule has 3 aromatic heterocycles. The van der Waals surface area contributed by atoms with Crippen LogP contribution in [0, 0.1) is 5.95 Å². The third kappa shape index (κ3) is 3.50. The van der Waals surface area contributed by atoms with Crippen molar-refractivity contribution in [1.82, 2.24) is 24.1 Å². The van der Waals surface area contributed by atoms with Crippen molar-refractivity contribution >= 4 is 39.3 Å². The van der Waals surface area contributed by atoms with Crippen LogP contribution in [0.3, 0.4) is 0 Å². The van der Waals surface area contributed by atoms with Gasteiger partial charge in [0.05, 0.1) is 7.11 Å². The first-order valence-corrected chi connectivity index (χ1v) is 8.71. The number of nitrogens with zero attached hydrogens (tertiary/aromatic N) is 4. The second-order valence-electron chi connectivity index (χ2n) is 4.75. The summed E-state index contributed by atoms with van der Waals surface area (Å²) in [6.07, 6.45) is 1.29. The number of methoxy groups -OCH3 is 1. The van der Waals surface area contributed by atoms with Crippen molar-refractivity contribution in [3.63, 3.8) is 0 Å². The molecule has 3 rings (SSSR count). The number of hydrogen-bond acceptors (Lipinski definition) is 7. The highest BCUT2D eigenvalue weighted by molar-refractivity contribution is 7.90. The lowest BCUT2D eigenvalue weighted by Gasteiger charge is -2.08. The fourth-order valence-electron chi connectivity index (χ4n) is 2.04. The van der Waals surface area contributed by atoms with Crippen molar-refractivity contribution in [2.75, 3.05) is 12.4 Å². The van der Waals surface area contributed by atoms with Gasteiger partial charge in [0.2, 0.25) is 16.9 Å². The van der Waals surface area contributed by atoms with E-state index in [1.807, 2.05) is 0 Å². The average Bonchev–Trinajstić information content (AvgIpc) is 2.89. The minimum absolute atomic E-state index is 0.0390. The third-order valence-corrected chi connectivity index (χ3v) is 4.56. The van der Waals surface area contributed by atoms with Crippen LogP contribution in [0.5, 0.6) is 5.88 Å². The SMILES string of the molecule is COc1cc(Cl)nc(NC(=O)NS(=O)(=O)c2c(F)nc3ccccn23)n1. The maximum Gasteiger partial charge on any atom is 0.335 e. The summed E-state index contributed by atoms with van der Waals surface area (Å²) in [6.45, 7) is 0. The predicted octanol–water partition coefficient (Wildman–Crippen LogP) is 1.44. The Labute approximate surface area is 151 Å². The van der Waals surface area contributed by atoms with Gasteiger partial charge in [0, 0.05) is 12.3 Å². The lowest BCUT2D eigenvalue weighted by atomic mass is 10.5. The molecule has 3 heterocycles. The van der Waals surface area contributed by atoms with Crippen LogP contribution in [0.15, 0.2) is 35.5 Å². The first-order valence-electron chi connectivity index (χ1n) is 6.85. The number of halogens is 2. The highest BCUT2D eigenvalue weighted by Crippen LogP contribution is 2.18. The number of amides is 2. The van der Waals surface area contributed by atoms with Crippen LogP contribution in [-0.2, 0) is 10.0 Å². The van der Waals surface area contributed by atoms with E-state index in [1.165, 1.54) is 31.5 Å². The highest BCUT2D eigenvalue weighted by Gasteiger charge is 2.27. The van der Waals surface area contributed by atoms with E-state index in [9.17, 15) is 17.6 Å². The maximum atomic E-state index is 14.0. The molecule has 0 aliphatic carbocycles. The smallest absolute Gasteiger partial charge is 0.335 e. The van der Waals surface area contributed by atoms with Gasteiger partial charge in [-0.3, -0.25) is 9.72 Å². The van der Waals surface area contributed by atoms with Crippen LogP contribution in [0.25, 0.3) is 5.65 Å². The van der Waals surface area contributed by atoms with E-state index in [-0.39, 0.29) is 22.6 Å². The number of pyridine rings is 1. The number of imidazole rings is 1. The summed E-state index contributed by atoms with van der Waals surface area (Å²) in [5, 5.41) is 1.22. The largest absolute Gasteiger partial charge is 0.481 e. The lowest BCUT2D eigenvalue weighted by molar-refractivity contribution is 0.256. The Morgan fingerprint density at radius 3 is 2.81 bits per heavy atom. The molecule has 26 heavy (non-hydrogen) atoms. The zero-order chi connectivity index (χ0) is 18.9. The number of anilines is 1. The molecule has 0 aliphatic rings. The van der Waals surface area contributed by atoms with Gasteiger partial charge in [0.1, 0.15) is 10.8 Å². The van der Waals surface area contributed by atoms with Gasteiger partial charge in [-0.1, -0.05) is 17.7 Å². The number of ether oxygens (including phenoxy) is 1. The number of aromatic nitrogens is 4. The number of hydrogen-bond donors (Lipinski definition) is 2. The summed E-state index contributed by atoms with van der Waals surface area (Å²) in [7, 11) is -3.26. The average molecular weight is 401 g/mol. The molecule has 136 valence electrons. The van der Waals surface area contributed by atoms with E-state index in [0.717, 1.165) is 4.40 Å². The van der Waals surface area contributed by atoms with Crippen LogP contribution in [-0.4, -0.2) is 40.9 Å². The van der Waals surface area contributed by atoms with Gasteiger partial charge >= 0.3 is 6.03 Å². The van der Waals surface area contributed by atoms with Crippen molar-refractivity contribution < 1.29 is 22.3 Å². The molecule has 0 bridgehead atoms. The molecule has 2 amide bonds. The van der Waals surface area contributed by atoms with Gasteiger partial charge in [-0.25, -0.2) is 14.5 Å². The Bertz CT molecular complexity index is 1100. The zero-order valence-electron chi connectivity index (χ0n) is 13.0. The van der Waals surface area contributed by atoms with Crippen molar-refractivity contribution in [3.8, 4) is 5.88 Å². The van der Waals surface area contributed by atoms with E-state index >= 15 is 0 Å². The second kappa shape index (κ2) is 6.72. The minimum atomic E-state index is -4.58. The molecular formula is C13H10ClFN6O4S. The highest BCUT2D eigenvalue weighted by atomic mass is 35.5. The number of urea groups is 1. The van der Waals surface area contributed by atoms with E-state index in [1.54, 1.807) is 10.8 Å². The molecule has 13 heteroatoms. The lowest BCUT2D eigenvalue weighted by Crippen LogP contribution is -2.35. The Hall–Kier alpha value is -2.99. The summed E-state index contributed by atoms with van der Waals surface area (Å²) in [5.74, 6) is -1.51. The van der Waals surface area contributed by atoms with Gasteiger partial charge in [0.25, 0.3) is 16.0 Å². The summed E-state index contributed by atoms with van der Waals surface area (Å²) in [5.41, 5.74) is 0.0636. The van der Waals surface area contributed by atoms with Crippen LogP contribution < -0.4 is 14.8 Å². The van der Waals surface area contributed by atoms with Crippen LogP contribution in [0.1, 0.15) is 0 Å². The van der Waals surface area contributed by atoms with E-state index in [2.05, 4.69) is 20.3 Å². The summed E-state index contributed by atoms with van der Waals surface area (Å²) in [4.78, 5) is 22.9.